The number of amides is 2. The second kappa shape index (κ2) is 10.0. The molecule has 7 nitrogen and oxygen atoms in total. The maximum Gasteiger partial charge on any atom is 0.410 e. The van der Waals surface area contributed by atoms with Crippen molar-refractivity contribution in [2.75, 3.05) is 31.1 Å². The molecule has 1 saturated heterocycles. The molecule has 0 bridgehead atoms. The summed E-state index contributed by atoms with van der Waals surface area (Å²) in [7, 11) is 0. The van der Waals surface area contributed by atoms with Crippen molar-refractivity contribution in [2.24, 2.45) is 5.92 Å². The van der Waals surface area contributed by atoms with Crippen LogP contribution in [0.5, 0.6) is 0 Å². The third-order valence-corrected chi connectivity index (χ3v) is 5.49. The third-order valence-electron chi connectivity index (χ3n) is 5.49. The fraction of sp³-hybridized carbons (Fsp3) is 0.480. The summed E-state index contributed by atoms with van der Waals surface area (Å²) in [4.78, 5) is 40.8. The van der Waals surface area contributed by atoms with Gasteiger partial charge in [0, 0.05) is 25.0 Å². The van der Waals surface area contributed by atoms with Gasteiger partial charge in [0.15, 0.2) is 6.61 Å². The van der Waals surface area contributed by atoms with E-state index in [0.29, 0.717) is 32.5 Å². The van der Waals surface area contributed by atoms with E-state index in [4.69, 9.17) is 9.47 Å². The molecule has 0 N–H and O–H groups in total. The molecular formula is C25H32N2O5. The zero-order valence-corrected chi connectivity index (χ0v) is 19.3. The summed E-state index contributed by atoms with van der Waals surface area (Å²) >= 11 is 0. The normalized spacial score (nSPS) is 14.8. The number of rotatable bonds is 5. The lowest BCUT2D eigenvalue weighted by molar-refractivity contribution is -0.153. The van der Waals surface area contributed by atoms with Crippen molar-refractivity contribution in [2.45, 2.75) is 46.1 Å². The molecule has 7 heteroatoms. The average Bonchev–Trinajstić information content (AvgIpc) is 2.77. The molecule has 0 aromatic heterocycles. The SMILES string of the molecule is CCN(C(=O)COC(=O)C1CCN(C(=O)OC(C)(C)C)CC1)c1cccc2ccccc12. The molecule has 0 unspecified atom stereocenters. The number of hydrogen-bond acceptors (Lipinski definition) is 5. The number of carbonyl (C=O) groups excluding carboxylic acids is 3. The van der Waals surface area contributed by atoms with Gasteiger partial charge in [-0.05, 0) is 52.0 Å². The number of benzene rings is 2. The van der Waals surface area contributed by atoms with Gasteiger partial charge in [-0.3, -0.25) is 9.59 Å². The van der Waals surface area contributed by atoms with Gasteiger partial charge in [-0.2, -0.15) is 0 Å². The number of fused-ring (bicyclic) bond motifs is 1. The van der Waals surface area contributed by atoms with E-state index in [0.717, 1.165) is 16.5 Å². The molecule has 0 spiro atoms. The Kier molecular flexibility index (Phi) is 7.38. The van der Waals surface area contributed by atoms with Gasteiger partial charge in [0.1, 0.15) is 5.60 Å². The predicted octanol–water partition coefficient (Wildman–Crippen LogP) is 4.38. The molecule has 2 amide bonds. The van der Waals surface area contributed by atoms with E-state index >= 15 is 0 Å². The summed E-state index contributed by atoms with van der Waals surface area (Å²) in [5.74, 6) is -0.978. The van der Waals surface area contributed by atoms with Gasteiger partial charge >= 0.3 is 12.1 Å². The van der Waals surface area contributed by atoms with Gasteiger partial charge < -0.3 is 19.3 Å². The highest BCUT2D eigenvalue weighted by Gasteiger charge is 2.31. The fourth-order valence-corrected chi connectivity index (χ4v) is 3.88. The van der Waals surface area contributed by atoms with Crippen LogP contribution in [0.15, 0.2) is 42.5 Å². The first-order chi connectivity index (χ1) is 15.2. The smallest absolute Gasteiger partial charge is 0.410 e. The zero-order valence-electron chi connectivity index (χ0n) is 19.3. The Labute approximate surface area is 189 Å². The molecule has 1 aliphatic rings. The molecule has 2 aromatic carbocycles. The Hall–Kier alpha value is -3.09. The highest BCUT2D eigenvalue weighted by atomic mass is 16.6. The second-order valence-corrected chi connectivity index (χ2v) is 8.99. The third kappa shape index (κ3) is 5.78. The summed E-state index contributed by atoms with van der Waals surface area (Å²) in [6, 6.07) is 13.7. The number of piperidine rings is 1. The molecule has 32 heavy (non-hydrogen) atoms. The molecule has 172 valence electrons. The van der Waals surface area contributed by atoms with Crippen LogP contribution in [0.1, 0.15) is 40.5 Å². The molecule has 0 radical (unpaired) electrons. The van der Waals surface area contributed by atoms with Gasteiger partial charge in [-0.15, -0.1) is 0 Å². The van der Waals surface area contributed by atoms with E-state index < -0.39 is 11.6 Å². The molecule has 0 saturated carbocycles. The quantitative estimate of drug-likeness (QED) is 0.645. The number of carbonyl (C=O) groups is 3. The minimum absolute atomic E-state index is 0.261. The van der Waals surface area contributed by atoms with Crippen LogP contribution in [-0.2, 0) is 19.1 Å². The van der Waals surface area contributed by atoms with Crippen LogP contribution >= 0.6 is 0 Å². The van der Waals surface area contributed by atoms with Gasteiger partial charge in [0.2, 0.25) is 0 Å². The van der Waals surface area contributed by atoms with Crippen molar-refractivity contribution in [3.05, 3.63) is 42.5 Å². The van der Waals surface area contributed by atoms with E-state index in [1.165, 1.54) is 0 Å². The summed E-state index contributed by atoms with van der Waals surface area (Å²) in [6.45, 7) is 8.39. The van der Waals surface area contributed by atoms with Crippen LogP contribution in [0, 0.1) is 5.92 Å². The number of esters is 1. The minimum Gasteiger partial charge on any atom is -0.455 e. The van der Waals surface area contributed by atoms with Gasteiger partial charge in [0.05, 0.1) is 11.6 Å². The number of likely N-dealkylation sites (N-methyl/N-ethyl adjacent to an activating group) is 1. The zero-order chi connectivity index (χ0) is 23.3. The lowest BCUT2D eigenvalue weighted by atomic mass is 9.97. The van der Waals surface area contributed by atoms with Crippen LogP contribution in [-0.4, -0.2) is 54.7 Å². The van der Waals surface area contributed by atoms with E-state index in [1.807, 2.05) is 70.2 Å². The van der Waals surface area contributed by atoms with Crippen molar-refractivity contribution in [1.29, 1.82) is 0 Å². The molecule has 1 fully saturated rings. The highest BCUT2D eigenvalue weighted by Crippen LogP contribution is 2.27. The van der Waals surface area contributed by atoms with Gasteiger partial charge in [-0.25, -0.2) is 4.79 Å². The molecule has 0 aliphatic carbocycles. The number of likely N-dealkylation sites (tertiary alicyclic amines) is 1. The van der Waals surface area contributed by atoms with E-state index in [2.05, 4.69) is 0 Å². The Morgan fingerprint density at radius 1 is 1.03 bits per heavy atom. The monoisotopic (exact) mass is 440 g/mol. The van der Waals surface area contributed by atoms with Gasteiger partial charge in [-0.1, -0.05) is 36.4 Å². The van der Waals surface area contributed by atoms with Crippen molar-refractivity contribution >= 4 is 34.4 Å². The molecule has 2 aromatic rings. The summed E-state index contributed by atoms with van der Waals surface area (Å²) in [5.41, 5.74) is 0.250. The Morgan fingerprint density at radius 3 is 2.34 bits per heavy atom. The minimum atomic E-state index is -0.553. The van der Waals surface area contributed by atoms with Crippen molar-refractivity contribution in [3.63, 3.8) is 0 Å². The van der Waals surface area contributed by atoms with Crippen molar-refractivity contribution < 1.29 is 23.9 Å². The largest absolute Gasteiger partial charge is 0.455 e. The maximum absolute atomic E-state index is 12.9. The van der Waals surface area contributed by atoms with Crippen molar-refractivity contribution in [3.8, 4) is 0 Å². The lowest BCUT2D eigenvalue weighted by Gasteiger charge is -2.32. The lowest BCUT2D eigenvalue weighted by Crippen LogP contribution is -2.43. The van der Waals surface area contributed by atoms with Crippen LogP contribution in [0.2, 0.25) is 0 Å². The van der Waals surface area contributed by atoms with E-state index in [-0.39, 0.29) is 24.5 Å². The number of hydrogen-bond donors (Lipinski definition) is 0. The van der Waals surface area contributed by atoms with E-state index in [1.54, 1.807) is 9.80 Å². The predicted molar refractivity (Wildman–Crippen MR) is 123 cm³/mol. The topological polar surface area (TPSA) is 76.2 Å². The Balaban J connectivity index is 1.54. The highest BCUT2D eigenvalue weighted by molar-refractivity contribution is 6.04. The Morgan fingerprint density at radius 2 is 1.69 bits per heavy atom. The molecule has 3 rings (SSSR count). The number of anilines is 1. The summed E-state index contributed by atoms with van der Waals surface area (Å²) in [5, 5.41) is 2.02. The molecule has 1 aliphatic heterocycles. The summed E-state index contributed by atoms with van der Waals surface area (Å²) < 4.78 is 10.8. The standard InChI is InChI=1S/C25H32N2O5/c1-5-27(21-12-8-10-18-9-6-7-11-20(18)21)22(28)17-31-23(29)19-13-15-26(16-14-19)24(30)32-25(2,3)4/h6-12,19H,5,13-17H2,1-4H3. The Bertz CT molecular complexity index is 968. The first kappa shape index (κ1) is 23.6. The first-order valence-electron chi connectivity index (χ1n) is 11.1. The summed E-state index contributed by atoms with van der Waals surface area (Å²) in [6.07, 6.45) is 0.619. The van der Waals surface area contributed by atoms with Crippen LogP contribution in [0.4, 0.5) is 10.5 Å². The van der Waals surface area contributed by atoms with Crippen molar-refractivity contribution in [1.82, 2.24) is 4.90 Å². The van der Waals surface area contributed by atoms with E-state index in [9.17, 15) is 14.4 Å². The molecule has 1 heterocycles. The van der Waals surface area contributed by atoms with Gasteiger partial charge in [0.25, 0.3) is 5.91 Å². The fourth-order valence-electron chi connectivity index (χ4n) is 3.88. The average molecular weight is 441 g/mol. The van der Waals surface area contributed by atoms with Crippen LogP contribution in [0.25, 0.3) is 10.8 Å². The number of nitrogens with zero attached hydrogens (tertiary/aromatic N) is 2. The van der Waals surface area contributed by atoms with Crippen LogP contribution < -0.4 is 4.90 Å². The second-order valence-electron chi connectivity index (χ2n) is 8.99. The first-order valence-corrected chi connectivity index (χ1v) is 11.1. The molecular weight excluding hydrogens is 408 g/mol. The maximum atomic E-state index is 12.9. The van der Waals surface area contributed by atoms with Crippen LogP contribution in [0.3, 0.4) is 0 Å². The molecule has 0 atom stereocenters. The number of ether oxygens (including phenoxy) is 2.